The number of nitrogens with one attached hydrogen (secondary N) is 1. The molecule has 0 spiro atoms. The van der Waals surface area contributed by atoms with Crippen molar-refractivity contribution in [1.82, 2.24) is 0 Å². The zero-order valence-electron chi connectivity index (χ0n) is 11.6. The van der Waals surface area contributed by atoms with Crippen molar-refractivity contribution in [1.29, 1.82) is 0 Å². The van der Waals surface area contributed by atoms with Gasteiger partial charge in [0.25, 0.3) is 0 Å². The minimum atomic E-state index is -0.407. The Morgan fingerprint density at radius 2 is 1.76 bits per heavy atom. The summed E-state index contributed by atoms with van der Waals surface area (Å²) in [4.78, 5) is 16.7. The van der Waals surface area contributed by atoms with Crippen LogP contribution in [0.2, 0.25) is 5.02 Å². The third kappa shape index (κ3) is 4.61. The summed E-state index contributed by atoms with van der Waals surface area (Å²) in [6, 6.07) is 14.6. The summed E-state index contributed by atoms with van der Waals surface area (Å²) >= 11 is 5.79. The van der Waals surface area contributed by atoms with Crippen molar-refractivity contribution in [3.63, 3.8) is 0 Å². The molecule has 21 heavy (non-hydrogen) atoms. The fraction of sp³-hybridized carbons (Fsp3) is 0.125. The molecule has 4 nitrogen and oxygen atoms in total. The van der Waals surface area contributed by atoms with Crippen LogP contribution in [0, 0.1) is 6.92 Å². The number of nitrogens with two attached hydrogens (primary N) is 1. The quantitative estimate of drug-likeness (QED) is 0.385. The van der Waals surface area contributed by atoms with Crippen LogP contribution in [-0.4, -0.2) is 11.8 Å². The van der Waals surface area contributed by atoms with Gasteiger partial charge in [-0.25, -0.2) is 4.79 Å². The highest BCUT2D eigenvalue weighted by molar-refractivity contribution is 6.30. The molecular formula is C16H16ClN2O2+. The first-order valence-corrected chi connectivity index (χ1v) is 6.82. The summed E-state index contributed by atoms with van der Waals surface area (Å²) in [6.07, 6.45) is 0.182. The van der Waals surface area contributed by atoms with E-state index in [-0.39, 0.29) is 12.3 Å². The molecular weight excluding hydrogens is 288 g/mol. The van der Waals surface area contributed by atoms with Crippen LogP contribution in [0.4, 0.5) is 0 Å². The Kier molecular flexibility index (Phi) is 4.95. The molecule has 2 aromatic carbocycles. The van der Waals surface area contributed by atoms with Gasteiger partial charge in [0.05, 0.1) is 12.0 Å². The number of carbonyl (C=O) groups is 1. The lowest BCUT2D eigenvalue weighted by Gasteiger charge is -2.00. The van der Waals surface area contributed by atoms with E-state index < -0.39 is 5.97 Å². The molecule has 0 bridgehead atoms. The molecule has 5 heteroatoms. The van der Waals surface area contributed by atoms with Gasteiger partial charge in [-0.1, -0.05) is 46.6 Å². The van der Waals surface area contributed by atoms with E-state index in [0.29, 0.717) is 10.6 Å². The molecule has 2 aromatic rings. The second kappa shape index (κ2) is 6.90. The molecule has 0 fully saturated rings. The Balaban J connectivity index is 1.94. The topological polar surface area (TPSA) is 66.3 Å². The van der Waals surface area contributed by atoms with E-state index >= 15 is 0 Å². The Hall–Kier alpha value is -2.33. The largest absolute Gasteiger partial charge is 0.361 e. The minimum Gasteiger partial charge on any atom is -0.284 e. The molecule has 0 aliphatic carbocycles. The fourth-order valence-electron chi connectivity index (χ4n) is 1.71. The monoisotopic (exact) mass is 303 g/mol. The average molecular weight is 304 g/mol. The van der Waals surface area contributed by atoms with E-state index in [2.05, 4.69) is 5.16 Å². The van der Waals surface area contributed by atoms with Gasteiger partial charge in [-0.3, -0.25) is 10.6 Å². The maximum atomic E-state index is 11.7. The number of benzene rings is 2. The smallest absolute Gasteiger partial charge is 0.284 e. The zero-order chi connectivity index (χ0) is 15.2. The van der Waals surface area contributed by atoms with Crippen LogP contribution < -0.4 is 10.9 Å². The Bertz CT molecular complexity index is 649. The van der Waals surface area contributed by atoms with Crippen LogP contribution in [0.15, 0.2) is 48.5 Å². The van der Waals surface area contributed by atoms with Gasteiger partial charge in [-0.2, -0.15) is 0 Å². The number of nitrogen functional groups attached to an aromatic ring is 1. The summed E-state index contributed by atoms with van der Waals surface area (Å²) in [5.74, 6) is -0.153. The second-order valence-electron chi connectivity index (χ2n) is 4.66. The summed E-state index contributed by atoms with van der Waals surface area (Å²) in [5.41, 5.74) is 8.52. The van der Waals surface area contributed by atoms with Crippen molar-refractivity contribution in [3.8, 4) is 0 Å². The summed E-state index contributed by atoms with van der Waals surface area (Å²) in [5, 5.41) is 3.07. The van der Waals surface area contributed by atoms with Gasteiger partial charge in [0.1, 0.15) is 0 Å². The molecule has 0 heterocycles. The van der Waals surface area contributed by atoms with Gasteiger partial charge < -0.3 is 0 Å². The number of halogens is 1. The predicted molar refractivity (Wildman–Crippen MR) is 81.7 cm³/mol. The first kappa shape index (κ1) is 15.1. The normalized spacial score (nSPS) is 11.2. The maximum Gasteiger partial charge on any atom is 0.361 e. The standard InChI is InChI=1S/C16H15ClN2O2/c1-11-2-4-12(5-3-11)10-15(20)21-19-16(18)13-6-8-14(17)9-7-13/h2-9H,10H2,1H3,(H2,18,19)/p+1. The van der Waals surface area contributed by atoms with Crippen LogP contribution in [0.25, 0.3) is 0 Å². The highest BCUT2D eigenvalue weighted by Crippen LogP contribution is 2.08. The third-order valence-corrected chi connectivity index (χ3v) is 3.15. The molecule has 0 aromatic heterocycles. The molecule has 108 valence electrons. The van der Waals surface area contributed by atoms with Crippen LogP contribution >= 0.6 is 11.6 Å². The Morgan fingerprint density at radius 3 is 2.38 bits per heavy atom. The zero-order valence-corrected chi connectivity index (χ0v) is 12.4. The van der Waals surface area contributed by atoms with Crippen molar-refractivity contribution in [2.24, 2.45) is 5.73 Å². The first-order chi connectivity index (χ1) is 10.0. The van der Waals surface area contributed by atoms with Crippen LogP contribution in [0.5, 0.6) is 0 Å². The van der Waals surface area contributed by atoms with Crippen LogP contribution in [0.1, 0.15) is 16.7 Å². The highest BCUT2D eigenvalue weighted by Gasteiger charge is 2.09. The number of aryl methyl sites for hydroxylation is 1. The summed E-state index contributed by atoms with van der Waals surface area (Å²) in [6.45, 7) is 1.99. The van der Waals surface area contributed by atoms with Crippen molar-refractivity contribution in [2.75, 3.05) is 0 Å². The molecule has 0 saturated carbocycles. The number of rotatable bonds is 4. The lowest BCUT2D eigenvalue weighted by molar-refractivity contribution is -0.724. The first-order valence-electron chi connectivity index (χ1n) is 6.44. The number of amidine groups is 1. The lowest BCUT2D eigenvalue weighted by atomic mass is 10.1. The highest BCUT2D eigenvalue weighted by atomic mass is 35.5. The molecule has 0 aliphatic rings. The van der Waals surface area contributed by atoms with Gasteiger partial charge in [0.2, 0.25) is 0 Å². The molecule has 0 saturated heterocycles. The molecule has 3 N–H and O–H groups in total. The SMILES string of the molecule is Cc1ccc(CC(=O)O[NH+]=C(N)c2ccc(Cl)cc2)cc1. The molecule has 2 rings (SSSR count). The van der Waals surface area contributed by atoms with Gasteiger partial charge in [-0.05, 0) is 36.8 Å². The minimum absolute atomic E-state index is 0.182. The number of carbonyl (C=O) groups excluding carboxylic acids is 1. The van der Waals surface area contributed by atoms with Crippen LogP contribution in [0.3, 0.4) is 0 Å². The van der Waals surface area contributed by atoms with Crippen molar-refractivity contribution >= 4 is 23.4 Å². The maximum absolute atomic E-state index is 11.7. The van der Waals surface area contributed by atoms with E-state index in [4.69, 9.17) is 22.2 Å². The number of hydrogen-bond acceptors (Lipinski definition) is 2. The second-order valence-corrected chi connectivity index (χ2v) is 5.10. The van der Waals surface area contributed by atoms with Crippen molar-refractivity contribution in [3.05, 3.63) is 70.2 Å². The Morgan fingerprint density at radius 1 is 1.14 bits per heavy atom. The van der Waals surface area contributed by atoms with E-state index in [1.54, 1.807) is 24.3 Å². The molecule has 0 aliphatic heterocycles. The van der Waals surface area contributed by atoms with E-state index in [9.17, 15) is 4.79 Å². The summed E-state index contributed by atoms with van der Waals surface area (Å²) < 4.78 is 0. The molecule has 0 atom stereocenters. The molecule has 0 radical (unpaired) electrons. The van der Waals surface area contributed by atoms with Gasteiger partial charge in [-0.15, -0.1) is 0 Å². The van der Waals surface area contributed by atoms with E-state index in [1.165, 1.54) is 0 Å². The van der Waals surface area contributed by atoms with Crippen LogP contribution in [-0.2, 0) is 16.1 Å². The molecule has 0 unspecified atom stereocenters. The lowest BCUT2D eigenvalue weighted by Crippen LogP contribution is -2.75. The fourth-order valence-corrected chi connectivity index (χ4v) is 1.83. The van der Waals surface area contributed by atoms with Gasteiger partial charge in [0, 0.05) is 5.02 Å². The van der Waals surface area contributed by atoms with Crippen molar-refractivity contribution in [2.45, 2.75) is 13.3 Å². The predicted octanol–water partition coefficient (Wildman–Crippen LogP) is 1.14. The van der Waals surface area contributed by atoms with Crippen molar-refractivity contribution < 1.29 is 14.8 Å². The van der Waals surface area contributed by atoms with E-state index in [1.807, 2.05) is 31.2 Å². The Labute approximate surface area is 128 Å². The van der Waals surface area contributed by atoms with Gasteiger partial charge >= 0.3 is 11.8 Å². The third-order valence-electron chi connectivity index (χ3n) is 2.90. The molecule has 0 amide bonds. The summed E-state index contributed by atoms with van der Waals surface area (Å²) in [7, 11) is 0. The van der Waals surface area contributed by atoms with Gasteiger partial charge in [0.15, 0.2) is 0 Å². The van der Waals surface area contributed by atoms with E-state index in [0.717, 1.165) is 11.1 Å². The number of hydrogen-bond donors (Lipinski definition) is 2. The average Bonchev–Trinajstić information content (AvgIpc) is 2.48.